The first kappa shape index (κ1) is 16.3. The molecule has 0 aromatic heterocycles. The fraction of sp³-hybridized carbons (Fsp3) is 0.333. The van der Waals surface area contributed by atoms with Gasteiger partial charge < -0.3 is 10.1 Å². The molecule has 19 heavy (non-hydrogen) atoms. The molecule has 0 radical (unpaired) electrons. The fourth-order valence-corrected chi connectivity index (χ4v) is 2.66. The number of halogens is 2. The lowest BCUT2D eigenvalue weighted by Crippen LogP contribution is -2.13. The summed E-state index contributed by atoms with van der Waals surface area (Å²) >= 11 is 10.6. The van der Waals surface area contributed by atoms with Gasteiger partial charge in [0.15, 0.2) is 0 Å². The molecule has 1 rings (SSSR count). The Kier molecular flexibility index (Phi) is 7.27. The first-order valence-electron chi connectivity index (χ1n) is 5.42. The van der Waals surface area contributed by atoms with Crippen molar-refractivity contribution in [2.24, 2.45) is 0 Å². The second-order valence-corrected chi connectivity index (χ2v) is 5.98. The highest BCUT2D eigenvalue weighted by molar-refractivity contribution is 9.10. The maximum Gasteiger partial charge on any atom is 0.315 e. The summed E-state index contributed by atoms with van der Waals surface area (Å²) < 4.78 is 5.35. The van der Waals surface area contributed by atoms with Gasteiger partial charge in [-0.1, -0.05) is 27.5 Å². The SMILES string of the molecule is COC(=O)CSCCC(=O)Nc1ccc(Br)cc1Cl. The number of benzene rings is 1. The maximum absolute atomic E-state index is 11.7. The standard InChI is InChI=1S/C12H13BrClNO3S/c1-18-12(17)7-19-5-4-11(16)15-10-3-2-8(13)6-9(10)14/h2-3,6H,4-5,7H2,1H3,(H,15,16). The van der Waals surface area contributed by atoms with E-state index in [0.29, 0.717) is 22.9 Å². The summed E-state index contributed by atoms with van der Waals surface area (Å²) in [5.74, 6) is 0.376. The Morgan fingerprint density at radius 3 is 2.84 bits per heavy atom. The zero-order valence-corrected chi connectivity index (χ0v) is 13.4. The number of hydrogen-bond acceptors (Lipinski definition) is 4. The number of hydrogen-bond donors (Lipinski definition) is 1. The predicted octanol–water partition coefficient (Wildman–Crippen LogP) is 3.34. The third-order valence-corrected chi connectivity index (χ3v) is 3.86. The molecular weight excluding hydrogens is 354 g/mol. The lowest BCUT2D eigenvalue weighted by molar-refractivity contribution is -0.137. The van der Waals surface area contributed by atoms with Crippen molar-refractivity contribution in [1.82, 2.24) is 0 Å². The van der Waals surface area contributed by atoms with Gasteiger partial charge in [-0.2, -0.15) is 0 Å². The van der Waals surface area contributed by atoms with Gasteiger partial charge >= 0.3 is 5.97 Å². The highest BCUT2D eigenvalue weighted by atomic mass is 79.9. The minimum Gasteiger partial charge on any atom is -0.468 e. The number of nitrogens with one attached hydrogen (secondary N) is 1. The monoisotopic (exact) mass is 365 g/mol. The van der Waals surface area contributed by atoms with Crippen LogP contribution in [0.15, 0.2) is 22.7 Å². The average Bonchev–Trinajstić information content (AvgIpc) is 2.37. The molecule has 1 aromatic carbocycles. The number of carbonyl (C=O) groups is 2. The second kappa shape index (κ2) is 8.45. The Morgan fingerprint density at radius 2 is 2.21 bits per heavy atom. The van der Waals surface area contributed by atoms with Gasteiger partial charge in [-0.05, 0) is 18.2 Å². The van der Waals surface area contributed by atoms with E-state index in [9.17, 15) is 9.59 Å². The summed E-state index contributed by atoms with van der Waals surface area (Å²) in [4.78, 5) is 22.5. The maximum atomic E-state index is 11.7. The smallest absolute Gasteiger partial charge is 0.315 e. The zero-order chi connectivity index (χ0) is 14.3. The van der Waals surface area contributed by atoms with Crippen molar-refractivity contribution >= 4 is 56.9 Å². The minimum atomic E-state index is -0.290. The fourth-order valence-electron chi connectivity index (χ4n) is 1.18. The molecule has 1 N–H and O–H groups in total. The molecule has 0 aliphatic carbocycles. The number of amides is 1. The molecule has 0 atom stereocenters. The molecule has 4 nitrogen and oxygen atoms in total. The van der Waals surface area contributed by atoms with Crippen LogP contribution in [0.4, 0.5) is 5.69 Å². The van der Waals surface area contributed by atoms with Crippen LogP contribution in [0, 0.1) is 0 Å². The molecule has 1 amide bonds. The van der Waals surface area contributed by atoms with Crippen LogP contribution in [0.3, 0.4) is 0 Å². The van der Waals surface area contributed by atoms with Gasteiger partial charge in [-0.15, -0.1) is 11.8 Å². The van der Waals surface area contributed by atoms with Crippen molar-refractivity contribution in [3.8, 4) is 0 Å². The van der Waals surface area contributed by atoms with Crippen molar-refractivity contribution in [1.29, 1.82) is 0 Å². The molecule has 0 aliphatic rings. The third kappa shape index (κ3) is 6.31. The van der Waals surface area contributed by atoms with Gasteiger partial charge in [0, 0.05) is 16.6 Å². The molecule has 0 heterocycles. The van der Waals surface area contributed by atoms with Crippen LogP contribution in [0.5, 0.6) is 0 Å². The van der Waals surface area contributed by atoms with Crippen molar-refractivity contribution in [2.75, 3.05) is 23.9 Å². The van der Waals surface area contributed by atoms with Crippen LogP contribution in [-0.4, -0.2) is 30.5 Å². The van der Waals surface area contributed by atoms with Gasteiger partial charge in [-0.25, -0.2) is 0 Å². The average molecular weight is 367 g/mol. The first-order valence-corrected chi connectivity index (χ1v) is 7.75. The van der Waals surface area contributed by atoms with E-state index in [-0.39, 0.29) is 17.6 Å². The first-order chi connectivity index (χ1) is 9.02. The Hall–Kier alpha value is -0.720. The summed E-state index contributed by atoms with van der Waals surface area (Å²) in [7, 11) is 1.34. The van der Waals surface area contributed by atoms with E-state index in [0.717, 1.165) is 4.47 Å². The Morgan fingerprint density at radius 1 is 1.47 bits per heavy atom. The molecule has 0 fully saturated rings. The van der Waals surface area contributed by atoms with E-state index in [4.69, 9.17) is 11.6 Å². The lowest BCUT2D eigenvalue weighted by Gasteiger charge is -2.07. The van der Waals surface area contributed by atoms with E-state index < -0.39 is 0 Å². The molecule has 104 valence electrons. The molecule has 1 aromatic rings. The molecule has 0 spiro atoms. The van der Waals surface area contributed by atoms with E-state index >= 15 is 0 Å². The number of thioether (sulfide) groups is 1. The van der Waals surface area contributed by atoms with Gasteiger partial charge in [-0.3, -0.25) is 9.59 Å². The molecule has 7 heteroatoms. The highest BCUT2D eigenvalue weighted by Crippen LogP contribution is 2.25. The van der Waals surface area contributed by atoms with Crippen molar-refractivity contribution in [3.05, 3.63) is 27.7 Å². The van der Waals surface area contributed by atoms with Crippen LogP contribution in [0.2, 0.25) is 5.02 Å². The van der Waals surface area contributed by atoms with E-state index in [1.54, 1.807) is 18.2 Å². The summed E-state index contributed by atoms with van der Waals surface area (Å²) in [6.07, 6.45) is 0.314. The van der Waals surface area contributed by atoms with Crippen molar-refractivity contribution in [2.45, 2.75) is 6.42 Å². The van der Waals surface area contributed by atoms with Crippen LogP contribution < -0.4 is 5.32 Å². The summed E-state index contributed by atoms with van der Waals surface area (Å²) in [5.41, 5.74) is 0.577. The quantitative estimate of drug-likeness (QED) is 0.620. The summed E-state index contributed by atoms with van der Waals surface area (Å²) in [6, 6.07) is 5.24. The Labute approximate surface area is 129 Å². The van der Waals surface area contributed by atoms with Crippen LogP contribution in [0.25, 0.3) is 0 Å². The molecule has 0 bridgehead atoms. The number of ether oxygens (including phenoxy) is 1. The summed E-state index contributed by atoms with van der Waals surface area (Å²) in [6.45, 7) is 0. The van der Waals surface area contributed by atoms with Crippen LogP contribution >= 0.6 is 39.3 Å². The van der Waals surface area contributed by atoms with E-state index in [2.05, 4.69) is 26.0 Å². The Balaban J connectivity index is 2.33. The number of rotatable bonds is 6. The molecule has 0 unspecified atom stereocenters. The van der Waals surface area contributed by atoms with Crippen molar-refractivity contribution < 1.29 is 14.3 Å². The topological polar surface area (TPSA) is 55.4 Å². The molecule has 0 saturated heterocycles. The van der Waals surface area contributed by atoms with Gasteiger partial charge in [0.25, 0.3) is 0 Å². The number of anilines is 1. The van der Waals surface area contributed by atoms with Gasteiger partial charge in [0.2, 0.25) is 5.91 Å². The minimum absolute atomic E-state index is 0.137. The zero-order valence-electron chi connectivity index (χ0n) is 10.2. The molecular formula is C12H13BrClNO3S. The summed E-state index contributed by atoms with van der Waals surface area (Å²) in [5, 5.41) is 3.20. The second-order valence-electron chi connectivity index (χ2n) is 3.55. The largest absolute Gasteiger partial charge is 0.468 e. The van der Waals surface area contributed by atoms with Crippen LogP contribution in [0.1, 0.15) is 6.42 Å². The number of esters is 1. The molecule has 0 saturated carbocycles. The van der Waals surface area contributed by atoms with Crippen molar-refractivity contribution in [3.63, 3.8) is 0 Å². The third-order valence-electron chi connectivity index (χ3n) is 2.13. The number of methoxy groups -OCH3 is 1. The van der Waals surface area contributed by atoms with Gasteiger partial charge in [0.05, 0.1) is 23.6 Å². The normalized spacial score (nSPS) is 10.1. The van der Waals surface area contributed by atoms with Crippen LogP contribution in [-0.2, 0) is 14.3 Å². The van der Waals surface area contributed by atoms with Gasteiger partial charge in [0.1, 0.15) is 0 Å². The highest BCUT2D eigenvalue weighted by Gasteiger charge is 2.07. The van der Waals surface area contributed by atoms with E-state index in [1.165, 1.54) is 18.9 Å². The number of carbonyl (C=O) groups excluding carboxylic acids is 2. The van der Waals surface area contributed by atoms with E-state index in [1.807, 2.05) is 0 Å². The Bertz CT molecular complexity index is 470. The predicted molar refractivity (Wildman–Crippen MR) is 81.7 cm³/mol. The lowest BCUT2D eigenvalue weighted by atomic mass is 10.3. The molecule has 0 aliphatic heterocycles.